The number of benzene rings is 1. The van der Waals surface area contributed by atoms with Gasteiger partial charge in [0.05, 0.1) is 25.1 Å². The summed E-state index contributed by atoms with van der Waals surface area (Å²) in [4.78, 5) is 2.05. The average molecular weight is 268 g/mol. The summed E-state index contributed by atoms with van der Waals surface area (Å²) < 4.78 is 24.4. The van der Waals surface area contributed by atoms with Crippen molar-refractivity contribution in [1.29, 1.82) is 0 Å². The molecule has 1 unspecified atom stereocenters. The van der Waals surface area contributed by atoms with Gasteiger partial charge in [0.2, 0.25) is 0 Å². The molecule has 0 aliphatic carbocycles. The van der Waals surface area contributed by atoms with Gasteiger partial charge >= 0.3 is 0 Å². The Kier molecular flexibility index (Phi) is 4.47. The average Bonchev–Trinajstić information content (AvgIpc) is 2.39. The van der Waals surface area contributed by atoms with E-state index in [0.717, 1.165) is 25.9 Å². The number of nitrogens with two attached hydrogens (primary N) is 1. The van der Waals surface area contributed by atoms with E-state index in [1.165, 1.54) is 13.2 Å². The number of ether oxygens (including phenoxy) is 2. The summed E-state index contributed by atoms with van der Waals surface area (Å²) in [6, 6.07) is 3.01. The van der Waals surface area contributed by atoms with Crippen molar-refractivity contribution in [2.75, 3.05) is 44.5 Å². The summed E-state index contributed by atoms with van der Waals surface area (Å²) >= 11 is 0. The minimum absolute atomic E-state index is 0.295. The highest BCUT2D eigenvalue weighted by Gasteiger charge is 2.23. The van der Waals surface area contributed by atoms with Crippen molar-refractivity contribution in [1.82, 2.24) is 0 Å². The van der Waals surface area contributed by atoms with Crippen molar-refractivity contribution >= 4 is 11.4 Å². The molecule has 0 saturated carbocycles. The first kappa shape index (κ1) is 13.9. The number of nitrogen functional groups attached to an aromatic ring is 1. The largest absolute Gasteiger partial charge is 0.495 e. The fourth-order valence-electron chi connectivity index (χ4n) is 2.63. The van der Waals surface area contributed by atoms with Gasteiger partial charge in [-0.05, 0) is 18.8 Å². The van der Waals surface area contributed by atoms with E-state index in [9.17, 15) is 4.39 Å². The molecule has 1 heterocycles. The van der Waals surface area contributed by atoms with Crippen LogP contribution in [0, 0.1) is 11.7 Å². The zero-order chi connectivity index (χ0) is 13.8. The van der Waals surface area contributed by atoms with Gasteiger partial charge in [-0.25, -0.2) is 4.39 Å². The van der Waals surface area contributed by atoms with Gasteiger partial charge in [-0.15, -0.1) is 0 Å². The van der Waals surface area contributed by atoms with Crippen LogP contribution in [-0.4, -0.2) is 33.9 Å². The molecule has 0 aromatic heterocycles. The van der Waals surface area contributed by atoms with Crippen LogP contribution in [0.2, 0.25) is 0 Å². The van der Waals surface area contributed by atoms with Crippen molar-refractivity contribution in [3.63, 3.8) is 0 Å². The zero-order valence-electron chi connectivity index (χ0n) is 11.5. The van der Waals surface area contributed by atoms with E-state index < -0.39 is 0 Å². The molecular weight excluding hydrogens is 247 g/mol. The molecule has 0 bridgehead atoms. The van der Waals surface area contributed by atoms with Crippen LogP contribution in [0.3, 0.4) is 0 Å². The lowest BCUT2D eigenvalue weighted by molar-refractivity contribution is 0.143. The van der Waals surface area contributed by atoms with Gasteiger partial charge in [0.1, 0.15) is 11.6 Å². The molecule has 4 nitrogen and oxygen atoms in total. The van der Waals surface area contributed by atoms with Crippen LogP contribution in [-0.2, 0) is 4.74 Å². The van der Waals surface area contributed by atoms with Crippen LogP contribution in [0.5, 0.6) is 5.75 Å². The van der Waals surface area contributed by atoms with Crippen molar-refractivity contribution in [3.05, 3.63) is 17.9 Å². The SMILES string of the molecule is COCC1CCCN(c2cc(OC)c(N)cc2F)C1. The molecule has 1 atom stereocenters. The first-order valence-corrected chi connectivity index (χ1v) is 6.52. The predicted molar refractivity (Wildman–Crippen MR) is 74.2 cm³/mol. The number of hydrogen-bond acceptors (Lipinski definition) is 4. The molecule has 2 N–H and O–H groups in total. The number of rotatable bonds is 4. The van der Waals surface area contributed by atoms with Crippen LogP contribution in [0.1, 0.15) is 12.8 Å². The summed E-state index contributed by atoms with van der Waals surface area (Å²) in [7, 11) is 3.24. The van der Waals surface area contributed by atoms with E-state index in [1.807, 2.05) is 4.90 Å². The first-order valence-electron chi connectivity index (χ1n) is 6.52. The molecule has 0 radical (unpaired) electrons. The third kappa shape index (κ3) is 3.10. The van der Waals surface area contributed by atoms with Gasteiger partial charge in [0, 0.05) is 32.3 Å². The Labute approximate surface area is 113 Å². The second-order valence-electron chi connectivity index (χ2n) is 4.96. The van der Waals surface area contributed by atoms with Gasteiger partial charge in [0.25, 0.3) is 0 Å². The highest BCUT2D eigenvalue weighted by molar-refractivity contribution is 5.63. The monoisotopic (exact) mass is 268 g/mol. The van der Waals surface area contributed by atoms with Gasteiger partial charge in [-0.2, -0.15) is 0 Å². The Bertz CT molecular complexity index is 438. The number of halogens is 1. The second-order valence-corrected chi connectivity index (χ2v) is 4.96. The highest BCUT2D eigenvalue weighted by atomic mass is 19.1. The van der Waals surface area contributed by atoms with E-state index in [2.05, 4.69) is 0 Å². The van der Waals surface area contributed by atoms with E-state index >= 15 is 0 Å². The summed E-state index contributed by atoms with van der Waals surface area (Å²) in [5.41, 5.74) is 6.59. The number of piperidine rings is 1. The predicted octanol–water partition coefficient (Wildman–Crippen LogP) is 2.28. The van der Waals surface area contributed by atoms with E-state index in [4.69, 9.17) is 15.2 Å². The number of methoxy groups -OCH3 is 2. The summed E-state index contributed by atoms with van der Waals surface area (Å²) in [6.45, 7) is 2.37. The second kappa shape index (κ2) is 6.10. The molecular formula is C14H21FN2O2. The van der Waals surface area contributed by atoms with Gasteiger partial charge < -0.3 is 20.1 Å². The summed E-state index contributed by atoms with van der Waals surface area (Å²) in [6.07, 6.45) is 2.16. The number of nitrogens with zero attached hydrogens (tertiary/aromatic N) is 1. The molecule has 0 spiro atoms. The van der Waals surface area contributed by atoms with Gasteiger partial charge in [-0.1, -0.05) is 0 Å². The van der Waals surface area contributed by atoms with Gasteiger partial charge in [0.15, 0.2) is 0 Å². The van der Waals surface area contributed by atoms with E-state index in [1.54, 1.807) is 13.2 Å². The van der Waals surface area contributed by atoms with Crippen molar-refractivity contribution in [2.45, 2.75) is 12.8 Å². The summed E-state index contributed by atoms with van der Waals surface area (Å²) in [5, 5.41) is 0. The Morgan fingerprint density at radius 2 is 2.21 bits per heavy atom. The summed E-state index contributed by atoms with van der Waals surface area (Å²) in [5.74, 6) is 0.670. The number of anilines is 2. The normalized spacial score (nSPS) is 19.5. The molecule has 0 amide bonds. The van der Waals surface area contributed by atoms with Gasteiger partial charge in [-0.3, -0.25) is 0 Å². The molecule has 19 heavy (non-hydrogen) atoms. The highest BCUT2D eigenvalue weighted by Crippen LogP contribution is 2.32. The van der Waals surface area contributed by atoms with Crippen LogP contribution in [0.15, 0.2) is 12.1 Å². The maximum atomic E-state index is 14.1. The molecule has 5 heteroatoms. The molecule has 1 fully saturated rings. The maximum absolute atomic E-state index is 14.1. The molecule has 1 aliphatic rings. The quantitative estimate of drug-likeness (QED) is 0.851. The maximum Gasteiger partial charge on any atom is 0.148 e. The fourth-order valence-corrected chi connectivity index (χ4v) is 2.63. The Morgan fingerprint density at radius 3 is 2.89 bits per heavy atom. The lowest BCUT2D eigenvalue weighted by Crippen LogP contribution is -2.37. The molecule has 1 aromatic carbocycles. The minimum atomic E-state index is -0.295. The minimum Gasteiger partial charge on any atom is -0.495 e. The van der Waals surface area contributed by atoms with Crippen LogP contribution in [0.25, 0.3) is 0 Å². The topological polar surface area (TPSA) is 47.7 Å². The lowest BCUT2D eigenvalue weighted by Gasteiger charge is -2.34. The van der Waals surface area contributed by atoms with E-state index in [0.29, 0.717) is 29.6 Å². The van der Waals surface area contributed by atoms with Crippen molar-refractivity contribution in [3.8, 4) is 5.75 Å². The smallest absolute Gasteiger partial charge is 0.148 e. The Hall–Kier alpha value is -1.49. The molecule has 1 aliphatic heterocycles. The molecule has 1 aromatic rings. The van der Waals surface area contributed by atoms with E-state index in [-0.39, 0.29) is 5.82 Å². The van der Waals surface area contributed by atoms with Crippen LogP contribution < -0.4 is 15.4 Å². The standard InChI is InChI=1S/C14H21FN2O2/c1-18-9-10-4-3-5-17(8-10)13-7-14(19-2)12(16)6-11(13)15/h6-7,10H,3-5,8-9,16H2,1-2H3. The van der Waals surface area contributed by atoms with Crippen LogP contribution >= 0.6 is 0 Å². The van der Waals surface area contributed by atoms with Crippen molar-refractivity contribution < 1.29 is 13.9 Å². The fraction of sp³-hybridized carbons (Fsp3) is 0.571. The third-order valence-electron chi connectivity index (χ3n) is 3.56. The first-order chi connectivity index (χ1) is 9.15. The lowest BCUT2D eigenvalue weighted by atomic mass is 9.98. The third-order valence-corrected chi connectivity index (χ3v) is 3.56. The van der Waals surface area contributed by atoms with Crippen molar-refractivity contribution in [2.24, 2.45) is 5.92 Å². The Morgan fingerprint density at radius 1 is 1.42 bits per heavy atom. The zero-order valence-corrected chi connectivity index (χ0v) is 11.5. The molecule has 2 rings (SSSR count). The molecule has 1 saturated heterocycles. The Balaban J connectivity index is 2.20. The molecule has 106 valence electrons. The van der Waals surface area contributed by atoms with Crippen LogP contribution in [0.4, 0.5) is 15.8 Å². The number of hydrogen-bond donors (Lipinski definition) is 1.